The Hall–Kier alpha value is -1.82. The van der Waals surface area contributed by atoms with Crippen LogP contribution in [0.25, 0.3) is 0 Å². The third-order valence-electron chi connectivity index (χ3n) is 3.58. The Bertz CT molecular complexity index is 478. The fourth-order valence-corrected chi connectivity index (χ4v) is 2.41. The number of H-pyrrole nitrogens is 1. The molecule has 0 atom stereocenters. The SMILES string of the molecule is CCCNCCNC(=O)c1c[nH]c(C(=O)N2CCCC2)c1. The van der Waals surface area contributed by atoms with Gasteiger partial charge in [0, 0.05) is 32.4 Å². The monoisotopic (exact) mass is 292 g/mol. The second-order valence-corrected chi connectivity index (χ2v) is 5.31. The number of rotatable bonds is 7. The molecule has 0 spiro atoms. The Morgan fingerprint density at radius 3 is 2.71 bits per heavy atom. The number of hydrogen-bond donors (Lipinski definition) is 3. The molecule has 2 amide bonds. The van der Waals surface area contributed by atoms with Crippen LogP contribution in [0.3, 0.4) is 0 Å². The van der Waals surface area contributed by atoms with Crippen LogP contribution in [0.4, 0.5) is 0 Å². The lowest BCUT2D eigenvalue weighted by Gasteiger charge is -2.13. The normalized spacial score (nSPS) is 14.4. The number of aromatic amines is 1. The molecule has 21 heavy (non-hydrogen) atoms. The fraction of sp³-hybridized carbons (Fsp3) is 0.600. The van der Waals surface area contributed by atoms with Crippen molar-refractivity contribution in [3.8, 4) is 0 Å². The van der Waals surface area contributed by atoms with Crippen molar-refractivity contribution in [3.63, 3.8) is 0 Å². The number of carbonyl (C=O) groups excluding carboxylic acids is 2. The van der Waals surface area contributed by atoms with Crippen LogP contribution >= 0.6 is 0 Å². The molecule has 2 heterocycles. The van der Waals surface area contributed by atoms with Crippen LogP contribution in [0.15, 0.2) is 12.3 Å². The minimum atomic E-state index is -0.148. The Morgan fingerprint density at radius 1 is 1.24 bits per heavy atom. The Kier molecular flexibility index (Phi) is 5.80. The molecule has 1 aromatic heterocycles. The van der Waals surface area contributed by atoms with Crippen LogP contribution in [-0.2, 0) is 0 Å². The van der Waals surface area contributed by atoms with Crippen molar-refractivity contribution in [2.45, 2.75) is 26.2 Å². The predicted octanol–water partition coefficient (Wildman–Crippen LogP) is 0.980. The van der Waals surface area contributed by atoms with Crippen molar-refractivity contribution in [3.05, 3.63) is 23.5 Å². The van der Waals surface area contributed by atoms with Crippen LogP contribution in [0.5, 0.6) is 0 Å². The summed E-state index contributed by atoms with van der Waals surface area (Å²) in [6, 6.07) is 1.63. The highest BCUT2D eigenvalue weighted by Gasteiger charge is 2.21. The van der Waals surface area contributed by atoms with E-state index in [1.807, 2.05) is 4.90 Å². The number of likely N-dealkylation sites (tertiary alicyclic amines) is 1. The van der Waals surface area contributed by atoms with Gasteiger partial charge in [-0.2, -0.15) is 0 Å². The summed E-state index contributed by atoms with van der Waals surface area (Å²) in [5, 5.41) is 6.05. The first-order valence-electron chi connectivity index (χ1n) is 7.69. The molecule has 1 aliphatic heterocycles. The van der Waals surface area contributed by atoms with Crippen LogP contribution in [0, 0.1) is 0 Å². The quantitative estimate of drug-likeness (QED) is 0.656. The fourth-order valence-electron chi connectivity index (χ4n) is 2.41. The highest BCUT2D eigenvalue weighted by atomic mass is 16.2. The van der Waals surface area contributed by atoms with Gasteiger partial charge >= 0.3 is 0 Å². The molecule has 0 saturated carbocycles. The summed E-state index contributed by atoms with van der Waals surface area (Å²) in [7, 11) is 0. The molecule has 3 N–H and O–H groups in total. The Morgan fingerprint density at radius 2 is 2.00 bits per heavy atom. The summed E-state index contributed by atoms with van der Waals surface area (Å²) in [4.78, 5) is 28.8. The van der Waals surface area contributed by atoms with Gasteiger partial charge < -0.3 is 20.5 Å². The summed E-state index contributed by atoms with van der Waals surface area (Å²) in [5.41, 5.74) is 0.999. The van der Waals surface area contributed by atoms with Crippen LogP contribution in [0.2, 0.25) is 0 Å². The summed E-state index contributed by atoms with van der Waals surface area (Å²) >= 11 is 0. The molecule has 6 heteroatoms. The molecule has 1 saturated heterocycles. The van der Waals surface area contributed by atoms with Gasteiger partial charge in [0.2, 0.25) is 0 Å². The molecule has 2 rings (SSSR count). The zero-order valence-corrected chi connectivity index (χ0v) is 12.6. The number of nitrogens with one attached hydrogen (secondary N) is 3. The Balaban J connectivity index is 1.81. The van der Waals surface area contributed by atoms with Crippen molar-refractivity contribution in [1.29, 1.82) is 0 Å². The van der Waals surface area contributed by atoms with Crippen LogP contribution < -0.4 is 10.6 Å². The molecule has 116 valence electrons. The number of hydrogen-bond acceptors (Lipinski definition) is 3. The maximum atomic E-state index is 12.2. The van der Waals surface area contributed by atoms with E-state index >= 15 is 0 Å². The van der Waals surface area contributed by atoms with E-state index in [2.05, 4.69) is 22.5 Å². The van der Waals surface area contributed by atoms with Crippen molar-refractivity contribution in [2.75, 3.05) is 32.7 Å². The van der Waals surface area contributed by atoms with Gasteiger partial charge in [-0.3, -0.25) is 9.59 Å². The highest BCUT2D eigenvalue weighted by Crippen LogP contribution is 2.13. The average molecular weight is 292 g/mol. The van der Waals surface area contributed by atoms with Crippen molar-refractivity contribution < 1.29 is 9.59 Å². The first kappa shape index (κ1) is 15.6. The first-order chi connectivity index (χ1) is 10.2. The maximum Gasteiger partial charge on any atom is 0.270 e. The van der Waals surface area contributed by atoms with E-state index in [1.54, 1.807) is 12.3 Å². The third-order valence-corrected chi connectivity index (χ3v) is 3.58. The van der Waals surface area contributed by atoms with E-state index in [9.17, 15) is 9.59 Å². The molecule has 0 aliphatic carbocycles. The van der Waals surface area contributed by atoms with Gasteiger partial charge in [0.25, 0.3) is 11.8 Å². The molecule has 0 unspecified atom stereocenters. The average Bonchev–Trinajstić information content (AvgIpc) is 3.17. The molecule has 1 fully saturated rings. The van der Waals surface area contributed by atoms with E-state index < -0.39 is 0 Å². The Labute approximate surface area is 125 Å². The zero-order valence-electron chi connectivity index (χ0n) is 12.6. The number of amides is 2. The lowest BCUT2D eigenvalue weighted by Crippen LogP contribution is -2.32. The van der Waals surface area contributed by atoms with E-state index in [-0.39, 0.29) is 11.8 Å². The summed E-state index contributed by atoms with van der Waals surface area (Å²) < 4.78 is 0. The second kappa shape index (κ2) is 7.83. The first-order valence-corrected chi connectivity index (χ1v) is 7.69. The minimum Gasteiger partial charge on any atom is -0.356 e. The number of aromatic nitrogens is 1. The molecule has 1 aliphatic rings. The van der Waals surface area contributed by atoms with Crippen LogP contribution in [0.1, 0.15) is 47.0 Å². The zero-order chi connectivity index (χ0) is 15.1. The molecular weight excluding hydrogens is 268 g/mol. The van der Waals surface area contributed by atoms with Crippen molar-refractivity contribution in [1.82, 2.24) is 20.5 Å². The van der Waals surface area contributed by atoms with Gasteiger partial charge in [-0.15, -0.1) is 0 Å². The van der Waals surface area contributed by atoms with Crippen LogP contribution in [-0.4, -0.2) is 54.4 Å². The van der Waals surface area contributed by atoms with Gasteiger partial charge in [-0.1, -0.05) is 6.92 Å². The molecule has 6 nitrogen and oxygen atoms in total. The summed E-state index contributed by atoms with van der Waals surface area (Å²) in [5.74, 6) is -0.166. The van der Waals surface area contributed by atoms with Gasteiger partial charge in [0.15, 0.2) is 0 Å². The van der Waals surface area contributed by atoms with E-state index in [4.69, 9.17) is 0 Å². The molecule has 0 bridgehead atoms. The molecule has 0 aromatic carbocycles. The van der Waals surface area contributed by atoms with E-state index in [0.717, 1.165) is 45.4 Å². The number of carbonyl (C=O) groups is 2. The van der Waals surface area contributed by atoms with Gasteiger partial charge in [-0.05, 0) is 31.9 Å². The summed E-state index contributed by atoms with van der Waals surface area (Å²) in [6.45, 7) is 6.01. The molecule has 0 radical (unpaired) electrons. The lowest BCUT2D eigenvalue weighted by atomic mass is 10.2. The smallest absolute Gasteiger partial charge is 0.270 e. The van der Waals surface area contributed by atoms with Gasteiger partial charge in [0.1, 0.15) is 5.69 Å². The predicted molar refractivity (Wildman–Crippen MR) is 81.4 cm³/mol. The van der Waals surface area contributed by atoms with E-state index in [1.165, 1.54) is 0 Å². The highest BCUT2D eigenvalue weighted by molar-refractivity contribution is 5.99. The minimum absolute atomic E-state index is 0.0174. The molecular formula is C15H24N4O2. The largest absolute Gasteiger partial charge is 0.356 e. The van der Waals surface area contributed by atoms with Gasteiger partial charge in [0.05, 0.1) is 5.56 Å². The number of nitrogens with zero attached hydrogens (tertiary/aromatic N) is 1. The summed E-state index contributed by atoms with van der Waals surface area (Å²) in [6.07, 6.45) is 4.79. The maximum absolute atomic E-state index is 12.2. The van der Waals surface area contributed by atoms with E-state index in [0.29, 0.717) is 17.8 Å². The second-order valence-electron chi connectivity index (χ2n) is 5.31. The third kappa shape index (κ3) is 4.32. The standard InChI is InChI=1S/C15H24N4O2/c1-2-5-16-6-7-17-14(20)12-10-13(18-11-12)15(21)19-8-3-4-9-19/h10-11,16,18H,2-9H2,1H3,(H,17,20). The van der Waals surface area contributed by atoms with Gasteiger partial charge in [-0.25, -0.2) is 0 Å². The lowest BCUT2D eigenvalue weighted by molar-refractivity contribution is 0.0787. The topological polar surface area (TPSA) is 77.2 Å². The van der Waals surface area contributed by atoms with Crippen molar-refractivity contribution >= 4 is 11.8 Å². The molecule has 1 aromatic rings. The van der Waals surface area contributed by atoms with Crippen molar-refractivity contribution in [2.24, 2.45) is 0 Å².